The smallest absolute Gasteiger partial charge is 0.327 e. The Hall–Kier alpha value is -4.93. The van der Waals surface area contributed by atoms with Crippen LogP contribution in [0.1, 0.15) is 40.0 Å². The minimum Gasteiger partial charge on any atom is -0.492 e. The van der Waals surface area contributed by atoms with Gasteiger partial charge in [0.1, 0.15) is 11.6 Å². The standard InChI is InChI=1S/C33H35FN6O4.H2/c1-3-44-29-11-7-6-10-28(29)39(33(43)35-25-16-14-24(34)15-17-25)22(2)30-36-27-9-5-4-8-26(27)32(42)40(30)38-20-18-37(19-21-38)31(41)23-12-13-23;/h4-11,14-17,22-23H,3,12-13,18-21H2,1-2H3,(H,35,43);1H. The highest BCUT2D eigenvalue weighted by Gasteiger charge is 2.36. The Kier molecular flexibility index (Phi) is 8.19. The van der Waals surface area contributed by atoms with Crippen LogP contribution in [-0.4, -0.2) is 59.3 Å². The monoisotopic (exact) mass is 600 g/mol. The Labute approximate surface area is 256 Å². The summed E-state index contributed by atoms with van der Waals surface area (Å²) in [5.74, 6) is 0.728. The Morgan fingerprint density at radius 2 is 1.70 bits per heavy atom. The molecule has 3 amide bonds. The van der Waals surface area contributed by atoms with Gasteiger partial charge in [0.2, 0.25) is 5.91 Å². The Morgan fingerprint density at radius 3 is 2.41 bits per heavy atom. The number of halogens is 1. The molecular weight excluding hydrogens is 563 g/mol. The summed E-state index contributed by atoms with van der Waals surface area (Å²) in [5.41, 5.74) is 1.14. The normalized spacial score (nSPS) is 15.6. The van der Waals surface area contributed by atoms with Crippen LogP contribution in [0.15, 0.2) is 77.6 Å². The van der Waals surface area contributed by atoms with E-state index in [0.717, 1.165) is 12.8 Å². The van der Waals surface area contributed by atoms with E-state index >= 15 is 0 Å². The molecule has 2 heterocycles. The van der Waals surface area contributed by atoms with Gasteiger partial charge < -0.3 is 20.0 Å². The van der Waals surface area contributed by atoms with Gasteiger partial charge in [-0.05, 0) is 75.2 Å². The molecule has 1 saturated heterocycles. The number of carbonyl (C=O) groups is 2. The fraction of sp³-hybridized carbons (Fsp3) is 0.333. The highest BCUT2D eigenvalue weighted by molar-refractivity contribution is 6.03. The number of para-hydroxylation sites is 3. The van der Waals surface area contributed by atoms with Gasteiger partial charge in [0.05, 0.1) is 42.3 Å². The summed E-state index contributed by atoms with van der Waals surface area (Å²) >= 11 is 0. The lowest BCUT2D eigenvalue weighted by molar-refractivity contribution is -0.133. The van der Waals surface area contributed by atoms with Crippen LogP contribution in [0, 0.1) is 11.7 Å². The Bertz CT molecular complexity index is 1740. The molecule has 10 nitrogen and oxygen atoms in total. The van der Waals surface area contributed by atoms with Gasteiger partial charge >= 0.3 is 6.03 Å². The number of hydrogen-bond donors (Lipinski definition) is 1. The van der Waals surface area contributed by atoms with Crippen LogP contribution in [0.25, 0.3) is 10.9 Å². The lowest BCUT2D eigenvalue weighted by Gasteiger charge is -2.39. The fourth-order valence-electron chi connectivity index (χ4n) is 5.65. The molecule has 0 radical (unpaired) electrons. The lowest BCUT2D eigenvalue weighted by Crippen LogP contribution is -2.57. The van der Waals surface area contributed by atoms with Gasteiger partial charge in [-0.2, -0.15) is 0 Å². The summed E-state index contributed by atoms with van der Waals surface area (Å²) in [6.45, 7) is 5.91. The fourth-order valence-corrected chi connectivity index (χ4v) is 5.65. The van der Waals surface area contributed by atoms with Crippen molar-refractivity contribution in [1.82, 2.24) is 14.6 Å². The van der Waals surface area contributed by atoms with Crippen molar-refractivity contribution in [1.29, 1.82) is 0 Å². The second-order valence-electron chi connectivity index (χ2n) is 11.0. The van der Waals surface area contributed by atoms with Crippen molar-refractivity contribution in [3.05, 3.63) is 94.8 Å². The summed E-state index contributed by atoms with van der Waals surface area (Å²) < 4.78 is 21.1. The zero-order chi connectivity index (χ0) is 30.8. The van der Waals surface area contributed by atoms with E-state index < -0.39 is 17.9 Å². The SMILES string of the molecule is CCOc1ccccc1N(C(=O)Nc1ccc(F)cc1)C(C)c1nc2ccccc2c(=O)n1N1CCN(C(=O)C2CC2)CC1.[HH]. The van der Waals surface area contributed by atoms with Crippen molar-refractivity contribution < 1.29 is 20.1 Å². The first-order valence-corrected chi connectivity index (χ1v) is 15.0. The maximum Gasteiger partial charge on any atom is 0.327 e. The molecule has 0 spiro atoms. The largest absolute Gasteiger partial charge is 0.492 e. The van der Waals surface area contributed by atoms with E-state index in [4.69, 9.17) is 9.72 Å². The minimum atomic E-state index is -0.763. The molecule has 2 fully saturated rings. The molecule has 44 heavy (non-hydrogen) atoms. The zero-order valence-electron chi connectivity index (χ0n) is 24.8. The number of benzene rings is 3. The number of nitrogens with zero attached hydrogens (tertiary/aromatic N) is 5. The predicted molar refractivity (Wildman–Crippen MR) is 169 cm³/mol. The summed E-state index contributed by atoms with van der Waals surface area (Å²) in [5, 5.41) is 5.23. The molecule has 230 valence electrons. The first kappa shape index (κ1) is 29.2. The van der Waals surface area contributed by atoms with Gasteiger partial charge in [-0.1, -0.05) is 24.3 Å². The van der Waals surface area contributed by atoms with Crippen LogP contribution in [-0.2, 0) is 4.79 Å². The molecule has 3 aromatic carbocycles. The first-order chi connectivity index (χ1) is 21.4. The molecular formula is C33H37FN6O4. The number of aromatic nitrogens is 2. The number of ether oxygens (including phenoxy) is 1. The number of hydrogen-bond acceptors (Lipinski definition) is 6. The highest BCUT2D eigenvalue weighted by atomic mass is 19.1. The molecule has 4 aromatic rings. The van der Waals surface area contributed by atoms with Crippen molar-refractivity contribution in [3.8, 4) is 5.75 Å². The van der Waals surface area contributed by atoms with Gasteiger partial charge in [0, 0.05) is 26.1 Å². The number of piperazine rings is 1. The number of anilines is 2. The van der Waals surface area contributed by atoms with Gasteiger partial charge in [-0.3, -0.25) is 14.5 Å². The molecule has 1 atom stereocenters. The van der Waals surface area contributed by atoms with Crippen molar-refractivity contribution >= 4 is 34.2 Å². The molecule has 1 aliphatic carbocycles. The van der Waals surface area contributed by atoms with Crippen LogP contribution in [0.5, 0.6) is 5.75 Å². The van der Waals surface area contributed by atoms with Crippen molar-refractivity contribution in [2.45, 2.75) is 32.7 Å². The third kappa shape index (κ3) is 5.82. The van der Waals surface area contributed by atoms with E-state index in [1.165, 1.54) is 29.2 Å². The molecule has 1 aromatic heterocycles. The predicted octanol–water partition coefficient (Wildman–Crippen LogP) is 5.17. The number of rotatable bonds is 8. The van der Waals surface area contributed by atoms with Gasteiger partial charge in [-0.15, -0.1) is 0 Å². The van der Waals surface area contributed by atoms with E-state index in [1.54, 1.807) is 41.1 Å². The van der Waals surface area contributed by atoms with Crippen LogP contribution in [0.2, 0.25) is 0 Å². The van der Waals surface area contributed by atoms with Gasteiger partial charge in [0.15, 0.2) is 5.82 Å². The molecule has 2 aliphatic rings. The van der Waals surface area contributed by atoms with Gasteiger partial charge in [-0.25, -0.2) is 18.8 Å². The molecule has 1 N–H and O–H groups in total. The Morgan fingerprint density at radius 1 is 1.02 bits per heavy atom. The number of carbonyl (C=O) groups excluding carboxylic acids is 2. The Balaban J connectivity index is 0.00000400. The topological polar surface area (TPSA) is 100 Å². The molecule has 11 heteroatoms. The molecule has 1 unspecified atom stereocenters. The highest BCUT2D eigenvalue weighted by Crippen LogP contribution is 2.35. The number of nitrogens with one attached hydrogen (secondary N) is 1. The van der Waals surface area contributed by atoms with E-state index in [1.807, 2.05) is 35.9 Å². The third-order valence-electron chi connectivity index (χ3n) is 8.06. The lowest BCUT2D eigenvalue weighted by atomic mass is 10.1. The van der Waals surface area contributed by atoms with Gasteiger partial charge in [0.25, 0.3) is 5.56 Å². The quantitative estimate of drug-likeness (QED) is 0.300. The van der Waals surface area contributed by atoms with E-state index in [9.17, 15) is 18.8 Å². The van der Waals surface area contributed by atoms with Crippen molar-refractivity contribution in [2.24, 2.45) is 5.92 Å². The van der Waals surface area contributed by atoms with Crippen molar-refractivity contribution in [3.63, 3.8) is 0 Å². The number of amides is 3. The molecule has 1 saturated carbocycles. The number of fused-ring (bicyclic) bond motifs is 1. The summed E-state index contributed by atoms with van der Waals surface area (Å²) in [6.07, 6.45) is 1.88. The second-order valence-corrected chi connectivity index (χ2v) is 11.0. The minimum absolute atomic E-state index is 0. The molecule has 6 rings (SSSR count). The second kappa shape index (κ2) is 12.4. The van der Waals surface area contributed by atoms with Crippen LogP contribution >= 0.6 is 0 Å². The van der Waals surface area contributed by atoms with E-state index in [2.05, 4.69) is 5.32 Å². The maximum absolute atomic E-state index is 14.1. The van der Waals surface area contributed by atoms with E-state index in [0.29, 0.717) is 66.6 Å². The van der Waals surface area contributed by atoms with Crippen molar-refractivity contribution in [2.75, 3.05) is 48.0 Å². The third-order valence-corrected chi connectivity index (χ3v) is 8.06. The average molecular weight is 601 g/mol. The maximum atomic E-state index is 14.1. The van der Waals surface area contributed by atoms with Crippen LogP contribution < -0.4 is 25.5 Å². The summed E-state index contributed by atoms with van der Waals surface area (Å²) in [4.78, 5) is 49.3. The molecule has 0 bridgehead atoms. The van der Waals surface area contributed by atoms with Crippen LogP contribution in [0.4, 0.5) is 20.6 Å². The van der Waals surface area contributed by atoms with E-state index in [-0.39, 0.29) is 18.8 Å². The summed E-state index contributed by atoms with van der Waals surface area (Å²) in [7, 11) is 0. The average Bonchev–Trinajstić information content (AvgIpc) is 3.89. The molecule has 1 aliphatic heterocycles. The summed E-state index contributed by atoms with van der Waals surface area (Å²) in [6, 6.07) is 18.6. The number of urea groups is 1. The van der Waals surface area contributed by atoms with Crippen LogP contribution in [0.3, 0.4) is 0 Å². The zero-order valence-corrected chi connectivity index (χ0v) is 24.8. The first-order valence-electron chi connectivity index (χ1n) is 15.0.